The molecule has 0 radical (unpaired) electrons. The lowest BCUT2D eigenvalue weighted by Gasteiger charge is -2.34. The van der Waals surface area contributed by atoms with Gasteiger partial charge in [0.15, 0.2) is 5.82 Å². The minimum Gasteiger partial charge on any atom is -0.467 e. The molecule has 0 spiro atoms. The van der Waals surface area contributed by atoms with Crippen LogP contribution in [-0.2, 0) is 0 Å². The molecule has 2 fully saturated rings. The summed E-state index contributed by atoms with van der Waals surface area (Å²) in [5.74, 6) is 0.386. The molecule has 8 nitrogen and oxygen atoms in total. The molecule has 0 amide bonds. The van der Waals surface area contributed by atoms with Gasteiger partial charge in [-0.3, -0.25) is 4.98 Å². The summed E-state index contributed by atoms with van der Waals surface area (Å²) in [5.41, 5.74) is 6.66. The van der Waals surface area contributed by atoms with E-state index in [9.17, 15) is 0 Å². The normalized spacial score (nSPS) is 20.2. The number of piperazine rings is 1. The van der Waals surface area contributed by atoms with Gasteiger partial charge in [-0.1, -0.05) is 24.3 Å². The zero-order chi connectivity index (χ0) is 21.8. The fraction of sp³-hybridized carbons (Fsp3) is 0.304. The van der Waals surface area contributed by atoms with Gasteiger partial charge in [0.1, 0.15) is 28.5 Å². The van der Waals surface area contributed by atoms with Crippen LogP contribution < -0.4 is 20.7 Å². The van der Waals surface area contributed by atoms with Gasteiger partial charge in [-0.25, -0.2) is 9.37 Å². The van der Waals surface area contributed by atoms with E-state index >= 15 is 4.39 Å². The highest BCUT2D eigenvalue weighted by molar-refractivity contribution is 5.98. The molecule has 0 aliphatic carbocycles. The molecule has 5 heterocycles. The van der Waals surface area contributed by atoms with E-state index in [0.717, 1.165) is 36.7 Å². The van der Waals surface area contributed by atoms with Crippen molar-refractivity contribution in [2.45, 2.75) is 24.9 Å². The van der Waals surface area contributed by atoms with Crippen molar-refractivity contribution in [3.8, 4) is 17.4 Å². The van der Waals surface area contributed by atoms with Gasteiger partial charge in [-0.05, 0) is 24.3 Å². The summed E-state index contributed by atoms with van der Waals surface area (Å²) in [6.07, 6.45) is 3.89. The molecule has 2 bridgehead atoms. The van der Waals surface area contributed by atoms with Crippen molar-refractivity contribution in [2.24, 2.45) is 0 Å². The number of halogens is 1. The number of nitrogens with one attached hydrogen (secondary N) is 1. The summed E-state index contributed by atoms with van der Waals surface area (Å²) in [7, 11) is 1.49. The molecule has 1 aromatic carbocycles. The number of rotatable bonds is 3. The van der Waals surface area contributed by atoms with Crippen molar-refractivity contribution in [1.82, 2.24) is 25.3 Å². The van der Waals surface area contributed by atoms with Crippen LogP contribution >= 0.6 is 0 Å². The first-order valence-electron chi connectivity index (χ1n) is 10.7. The lowest BCUT2D eigenvalue weighted by Crippen LogP contribution is -2.51. The van der Waals surface area contributed by atoms with E-state index in [1.54, 1.807) is 12.3 Å². The Morgan fingerprint density at radius 2 is 1.84 bits per heavy atom. The summed E-state index contributed by atoms with van der Waals surface area (Å²) in [5, 5.41) is 5.80. The maximum absolute atomic E-state index is 15.9. The number of nitrogen functional groups attached to an aromatic ring is 1. The molecule has 2 aliphatic rings. The number of fused-ring (bicyclic) bond motifs is 4. The number of nitrogens with zero attached hydrogens (tertiary/aromatic N) is 5. The monoisotopic (exact) mass is 431 g/mol. The average molecular weight is 431 g/mol. The van der Waals surface area contributed by atoms with E-state index in [4.69, 9.17) is 10.5 Å². The molecule has 2 aliphatic heterocycles. The van der Waals surface area contributed by atoms with Crippen LogP contribution in [0.1, 0.15) is 12.8 Å². The summed E-state index contributed by atoms with van der Waals surface area (Å²) in [6, 6.07) is 10.3. The van der Waals surface area contributed by atoms with Crippen LogP contribution in [0.5, 0.6) is 6.01 Å². The zero-order valence-corrected chi connectivity index (χ0v) is 17.5. The lowest BCUT2D eigenvalue weighted by atomic mass is 10.1. The first-order chi connectivity index (χ1) is 15.6. The van der Waals surface area contributed by atoms with Crippen molar-refractivity contribution in [3.63, 3.8) is 0 Å². The predicted octanol–water partition coefficient (Wildman–Crippen LogP) is 2.91. The highest BCUT2D eigenvalue weighted by Crippen LogP contribution is 2.35. The zero-order valence-electron chi connectivity index (χ0n) is 17.5. The molecule has 162 valence electrons. The first-order valence-corrected chi connectivity index (χ1v) is 10.7. The van der Waals surface area contributed by atoms with E-state index in [-0.39, 0.29) is 17.2 Å². The van der Waals surface area contributed by atoms with Crippen LogP contribution in [0.3, 0.4) is 0 Å². The minimum absolute atomic E-state index is 0.105. The number of methoxy groups -OCH3 is 1. The molecule has 9 heteroatoms. The molecule has 3 aromatic heterocycles. The van der Waals surface area contributed by atoms with Gasteiger partial charge in [-0.15, -0.1) is 0 Å². The third kappa shape index (κ3) is 3.00. The number of hydrogen-bond acceptors (Lipinski definition) is 8. The van der Waals surface area contributed by atoms with Crippen LogP contribution in [0, 0.1) is 5.82 Å². The van der Waals surface area contributed by atoms with Crippen LogP contribution in [0.15, 0.2) is 36.5 Å². The van der Waals surface area contributed by atoms with Crippen molar-refractivity contribution >= 4 is 33.3 Å². The Kier molecular flexibility index (Phi) is 4.32. The van der Waals surface area contributed by atoms with Gasteiger partial charge < -0.3 is 20.7 Å². The van der Waals surface area contributed by atoms with Crippen molar-refractivity contribution < 1.29 is 9.13 Å². The Morgan fingerprint density at radius 3 is 2.62 bits per heavy atom. The second-order valence-corrected chi connectivity index (χ2v) is 8.38. The Morgan fingerprint density at radius 1 is 1.06 bits per heavy atom. The second-order valence-electron chi connectivity index (χ2n) is 8.38. The highest BCUT2D eigenvalue weighted by Gasteiger charge is 2.34. The fourth-order valence-electron chi connectivity index (χ4n) is 4.89. The molecule has 4 aromatic rings. The van der Waals surface area contributed by atoms with Gasteiger partial charge >= 0.3 is 6.01 Å². The van der Waals surface area contributed by atoms with E-state index in [0.29, 0.717) is 34.8 Å². The third-order valence-corrected chi connectivity index (χ3v) is 6.33. The maximum Gasteiger partial charge on any atom is 0.318 e. The van der Waals surface area contributed by atoms with Crippen LogP contribution in [0.2, 0.25) is 0 Å². The summed E-state index contributed by atoms with van der Waals surface area (Å²) >= 11 is 0. The number of pyridine rings is 2. The molecule has 2 saturated heterocycles. The van der Waals surface area contributed by atoms with Gasteiger partial charge in [0, 0.05) is 36.8 Å². The van der Waals surface area contributed by atoms with Gasteiger partial charge in [0.25, 0.3) is 0 Å². The van der Waals surface area contributed by atoms with Crippen molar-refractivity contribution in [3.05, 3.63) is 42.3 Å². The molecule has 32 heavy (non-hydrogen) atoms. The number of nitrogens with two attached hydrogens (primary N) is 1. The molecular formula is C23H22FN7O. The summed E-state index contributed by atoms with van der Waals surface area (Å²) in [6.45, 7) is 1.60. The Hall–Kier alpha value is -3.59. The highest BCUT2D eigenvalue weighted by atomic mass is 19.1. The Balaban J connectivity index is 1.56. The number of benzene rings is 1. The number of aromatic nitrogens is 4. The van der Waals surface area contributed by atoms with E-state index in [1.807, 2.05) is 24.3 Å². The van der Waals surface area contributed by atoms with E-state index in [1.165, 1.54) is 7.11 Å². The van der Waals surface area contributed by atoms with Crippen LogP contribution in [0.4, 0.5) is 16.0 Å². The quantitative estimate of drug-likeness (QED) is 0.511. The minimum atomic E-state index is -0.564. The van der Waals surface area contributed by atoms with Crippen molar-refractivity contribution in [1.29, 1.82) is 0 Å². The summed E-state index contributed by atoms with van der Waals surface area (Å²) in [4.78, 5) is 20.0. The summed E-state index contributed by atoms with van der Waals surface area (Å²) < 4.78 is 21.2. The standard InChI is InChI=1S/C23H22FN7O/c1-32-23-29-19-16(22(30-23)31-10-13-6-7-14(11-31)27-13)9-26-21(18(19)24)20-15-5-3-2-4-12(15)8-17(25)28-20/h2-5,8-9,13-14,27H,6-7,10-11H2,1H3,(H2,25,28). The lowest BCUT2D eigenvalue weighted by molar-refractivity contribution is 0.380. The molecule has 2 unspecified atom stereocenters. The van der Waals surface area contributed by atoms with Gasteiger partial charge in [0.05, 0.1) is 12.5 Å². The third-order valence-electron chi connectivity index (χ3n) is 6.33. The van der Waals surface area contributed by atoms with Gasteiger partial charge in [0.2, 0.25) is 0 Å². The topological polar surface area (TPSA) is 102 Å². The fourth-order valence-corrected chi connectivity index (χ4v) is 4.89. The smallest absolute Gasteiger partial charge is 0.318 e. The molecule has 3 N–H and O–H groups in total. The van der Waals surface area contributed by atoms with Gasteiger partial charge in [-0.2, -0.15) is 9.97 Å². The largest absolute Gasteiger partial charge is 0.467 e. The van der Waals surface area contributed by atoms with Crippen molar-refractivity contribution in [2.75, 3.05) is 30.8 Å². The first kappa shape index (κ1) is 19.1. The Labute approximate surface area is 183 Å². The number of hydrogen-bond donors (Lipinski definition) is 2. The molecule has 2 atom stereocenters. The maximum atomic E-state index is 15.9. The van der Waals surface area contributed by atoms with Crippen LogP contribution in [0.25, 0.3) is 33.1 Å². The molecule has 6 rings (SSSR count). The van der Waals surface area contributed by atoms with Crippen LogP contribution in [-0.4, -0.2) is 52.2 Å². The average Bonchev–Trinajstić information content (AvgIpc) is 3.15. The molecule has 0 saturated carbocycles. The van der Waals surface area contributed by atoms with E-state index in [2.05, 4.69) is 30.2 Å². The Bertz CT molecular complexity index is 1350. The second kappa shape index (κ2) is 7.23. The number of anilines is 2. The number of ether oxygens (including phenoxy) is 1. The van der Waals surface area contributed by atoms with E-state index < -0.39 is 5.82 Å². The molecular weight excluding hydrogens is 409 g/mol. The predicted molar refractivity (Wildman–Crippen MR) is 121 cm³/mol. The SMILES string of the molecule is COc1nc(N2CC3CCC(C2)N3)c2cnc(-c3nc(N)cc4ccccc34)c(F)c2n1.